The number of aromatic nitrogens is 1. The summed E-state index contributed by atoms with van der Waals surface area (Å²) in [5.41, 5.74) is 2.99. The van der Waals surface area contributed by atoms with Crippen molar-refractivity contribution in [3.63, 3.8) is 0 Å². The highest BCUT2D eigenvalue weighted by Crippen LogP contribution is 2.25. The summed E-state index contributed by atoms with van der Waals surface area (Å²) in [5, 5.41) is 0. The van der Waals surface area contributed by atoms with Crippen LogP contribution in [0.15, 0.2) is 22.6 Å². The molecule has 0 aliphatic heterocycles. The van der Waals surface area contributed by atoms with Crippen molar-refractivity contribution in [1.29, 1.82) is 0 Å². The molecule has 2 aromatic rings. The van der Waals surface area contributed by atoms with Crippen LogP contribution in [0.4, 0.5) is 0 Å². The molecule has 80 valence electrons. The summed E-state index contributed by atoms with van der Waals surface area (Å²) in [6.07, 6.45) is 0. The Labute approximate surface area is 90.3 Å². The zero-order valence-electron chi connectivity index (χ0n) is 9.74. The first-order chi connectivity index (χ1) is 7.08. The minimum atomic E-state index is 0.418. The van der Waals surface area contributed by atoms with Crippen molar-refractivity contribution < 1.29 is 4.42 Å². The highest BCUT2D eigenvalue weighted by atomic mass is 16.3. The van der Waals surface area contributed by atoms with Gasteiger partial charge in [0.15, 0.2) is 5.58 Å². The molecule has 2 aromatic heterocycles. The van der Waals surface area contributed by atoms with Crippen LogP contribution in [0.1, 0.15) is 51.0 Å². The van der Waals surface area contributed by atoms with Gasteiger partial charge >= 0.3 is 0 Å². The van der Waals surface area contributed by atoms with Crippen LogP contribution in [-0.2, 0) is 0 Å². The maximum absolute atomic E-state index is 5.70. The maximum Gasteiger partial charge on any atom is 0.152 e. The molecule has 0 aliphatic rings. The fourth-order valence-electron chi connectivity index (χ4n) is 1.56. The van der Waals surface area contributed by atoms with Gasteiger partial charge in [0.1, 0.15) is 11.3 Å². The van der Waals surface area contributed by atoms with Crippen molar-refractivity contribution in [3.05, 3.63) is 29.7 Å². The highest BCUT2D eigenvalue weighted by Gasteiger charge is 2.09. The molecular weight excluding hydrogens is 186 g/mol. The Kier molecular flexibility index (Phi) is 2.51. The van der Waals surface area contributed by atoms with Crippen molar-refractivity contribution in [2.45, 2.75) is 39.5 Å². The quantitative estimate of drug-likeness (QED) is 0.735. The number of furan rings is 1. The monoisotopic (exact) mass is 203 g/mol. The van der Waals surface area contributed by atoms with Crippen LogP contribution in [-0.4, -0.2) is 4.98 Å². The molecule has 0 amide bonds. The molecule has 0 aromatic carbocycles. The van der Waals surface area contributed by atoms with Gasteiger partial charge < -0.3 is 4.42 Å². The zero-order valence-corrected chi connectivity index (χ0v) is 9.74. The second kappa shape index (κ2) is 3.69. The van der Waals surface area contributed by atoms with Crippen molar-refractivity contribution in [3.8, 4) is 0 Å². The van der Waals surface area contributed by atoms with Gasteiger partial charge in [0, 0.05) is 17.7 Å². The topological polar surface area (TPSA) is 26.0 Å². The number of rotatable bonds is 2. The summed E-state index contributed by atoms with van der Waals surface area (Å²) in [5.74, 6) is 1.90. The van der Waals surface area contributed by atoms with E-state index in [0.29, 0.717) is 11.8 Å². The van der Waals surface area contributed by atoms with Gasteiger partial charge in [-0.25, -0.2) is 4.98 Å². The average Bonchev–Trinajstić information content (AvgIpc) is 2.59. The van der Waals surface area contributed by atoms with Gasteiger partial charge in [0.25, 0.3) is 0 Å². The summed E-state index contributed by atoms with van der Waals surface area (Å²) < 4.78 is 5.70. The minimum Gasteiger partial charge on any atom is -0.459 e. The van der Waals surface area contributed by atoms with Crippen molar-refractivity contribution in [2.75, 3.05) is 0 Å². The number of fused-ring (bicyclic) bond motifs is 1. The largest absolute Gasteiger partial charge is 0.459 e. The molecule has 2 rings (SSSR count). The van der Waals surface area contributed by atoms with E-state index < -0.39 is 0 Å². The van der Waals surface area contributed by atoms with E-state index in [4.69, 9.17) is 4.42 Å². The molecule has 15 heavy (non-hydrogen) atoms. The van der Waals surface area contributed by atoms with Gasteiger partial charge in [0.05, 0.1) is 0 Å². The Morgan fingerprint density at radius 1 is 1.07 bits per heavy atom. The summed E-state index contributed by atoms with van der Waals surface area (Å²) in [4.78, 5) is 4.58. The molecule has 0 N–H and O–H groups in total. The third-order valence-corrected chi connectivity index (χ3v) is 2.57. The highest BCUT2D eigenvalue weighted by molar-refractivity contribution is 5.73. The molecule has 0 atom stereocenters. The first-order valence-corrected chi connectivity index (χ1v) is 5.48. The van der Waals surface area contributed by atoms with Gasteiger partial charge in [-0.05, 0) is 18.1 Å². The molecule has 2 heterocycles. The Balaban J connectivity index is 2.52. The Bertz CT molecular complexity index is 462. The van der Waals surface area contributed by atoms with Crippen molar-refractivity contribution in [1.82, 2.24) is 4.98 Å². The van der Waals surface area contributed by atoms with E-state index in [1.807, 2.05) is 18.2 Å². The lowest BCUT2D eigenvalue weighted by Gasteiger charge is -2.02. The first-order valence-electron chi connectivity index (χ1n) is 5.48. The van der Waals surface area contributed by atoms with Crippen molar-refractivity contribution in [2.24, 2.45) is 0 Å². The molecule has 0 bridgehead atoms. The van der Waals surface area contributed by atoms with E-state index in [0.717, 1.165) is 22.6 Å². The molecule has 2 nitrogen and oxygen atoms in total. The van der Waals surface area contributed by atoms with E-state index in [9.17, 15) is 0 Å². The molecule has 0 saturated carbocycles. The van der Waals surface area contributed by atoms with Gasteiger partial charge in [0.2, 0.25) is 0 Å². The lowest BCUT2D eigenvalue weighted by Crippen LogP contribution is -1.90. The van der Waals surface area contributed by atoms with Crippen molar-refractivity contribution >= 4 is 11.1 Å². The predicted molar refractivity (Wildman–Crippen MR) is 62.2 cm³/mol. The molecular formula is C13H17NO. The van der Waals surface area contributed by atoms with Crippen LogP contribution < -0.4 is 0 Å². The molecule has 0 saturated heterocycles. The van der Waals surface area contributed by atoms with E-state index >= 15 is 0 Å². The van der Waals surface area contributed by atoms with Crippen LogP contribution in [0.2, 0.25) is 0 Å². The van der Waals surface area contributed by atoms with E-state index in [1.54, 1.807) is 0 Å². The third kappa shape index (κ3) is 1.89. The molecule has 0 unspecified atom stereocenters. The molecule has 0 fully saturated rings. The van der Waals surface area contributed by atoms with Gasteiger partial charge in [-0.2, -0.15) is 0 Å². The Hall–Kier alpha value is -1.31. The summed E-state index contributed by atoms with van der Waals surface area (Å²) >= 11 is 0. The fraction of sp³-hybridized carbons (Fsp3) is 0.462. The van der Waals surface area contributed by atoms with Crippen LogP contribution >= 0.6 is 0 Å². The number of hydrogen-bond donors (Lipinski definition) is 0. The van der Waals surface area contributed by atoms with E-state index in [1.165, 1.54) is 0 Å². The second-order valence-electron chi connectivity index (χ2n) is 4.58. The number of hydrogen-bond acceptors (Lipinski definition) is 2. The van der Waals surface area contributed by atoms with Crippen LogP contribution in [0, 0.1) is 0 Å². The Morgan fingerprint density at radius 2 is 1.80 bits per heavy atom. The SMILES string of the molecule is CC(C)c1ccc2oc(C(C)C)cc2n1. The van der Waals surface area contributed by atoms with E-state index in [2.05, 4.69) is 32.7 Å². The molecule has 2 heteroatoms. The molecule has 0 spiro atoms. The average molecular weight is 203 g/mol. The van der Waals surface area contributed by atoms with E-state index in [-0.39, 0.29) is 0 Å². The number of pyridine rings is 1. The standard InChI is InChI=1S/C13H17NO/c1-8(2)10-5-6-12-11(14-10)7-13(15-12)9(3)4/h5-9H,1-4H3. The molecule has 0 aliphatic carbocycles. The maximum atomic E-state index is 5.70. The van der Waals surface area contributed by atoms with Gasteiger partial charge in [-0.15, -0.1) is 0 Å². The lowest BCUT2D eigenvalue weighted by atomic mass is 10.1. The fourth-order valence-corrected chi connectivity index (χ4v) is 1.56. The first kappa shape index (κ1) is 10.2. The third-order valence-electron chi connectivity index (χ3n) is 2.57. The lowest BCUT2D eigenvalue weighted by molar-refractivity contribution is 0.521. The minimum absolute atomic E-state index is 0.418. The van der Waals surface area contributed by atoms with Crippen LogP contribution in [0.5, 0.6) is 0 Å². The predicted octanol–water partition coefficient (Wildman–Crippen LogP) is 4.07. The van der Waals surface area contributed by atoms with Gasteiger partial charge in [-0.3, -0.25) is 0 Å². The number of nitrogens with zero attached hydrogens (tertiary/aromatic N) is 1. The molecule has 0 radical (unpaired) electrons. The second-order valence-corrected chi connectivity index (χ2v) is 4.58. The van der Waals surface area contributed by atoms with Crippen LogP contribution in [0.3, 0.4) is 0 Å². The smallest absolute Gasteiger partial charge is 0.152 e. The summed E-state index contributed by atoms with van der Waals surface area (Å²) in [6, 6.07) is 6.11. The normalized spacial score (nSPS) is 11.9. The van der Waals surface area contributed by atoms with Gasteiger partial charge in [-0.1, -0.05) is 27.7 Å². The Morgan fingerprint density at radius 3 is 2.40 bits per heavy atom. The van der Waals surface area contributed by atoms with Crippen LogP contribution in [0.25, 0.3) is 11.1 Å². The summed E-state index contributed by atoms with van der Waals surface area (Å²) in [6.45, 7) is 8.55. The summed E-state index contributed by atoms with van der Waals surface area (Å²) in [7, 11) is 0. The zero-order chi connectivity index (χ0) is 11.0.